The molecule has 0 aliphatic heterocycles. The van der Waals surface area contributed by atoms with Crippen molar-refractivity contribution in [3.05, 3.63) is 59.7 Å². The molecule has 0 aliphatic rings. The molecule has 142 valence electrons. The summed E-state index contributed by atoms with van der Waals surface area (Å²) < 4.78 is 9.88. The number of ether oxygens (including phenoxy) is 2. The Morgan fingerprint density at radius 3 is 2.37 bits per heavy atom. The Bertz CT molecular complexity index is 804. The lowest BCUT2D eigenvalue weighted by atomic mass is 10.2. The SMILES string of the molecule is CCOC(=O)c1ccc(NC(=O)COC(=O)CSc2ccccc2C)cc1. The van der Waals surface area contributed by atoms with E-state index in [1.807, 2.05) is 31.2 Å². The Kier molecular flexibility index (Phi) is 7.88. The quantitative estimate of drug-likeness (QED) is 0.552. The molecule has 2 aromatic carbocycles. The molecule has 2 aromatic rings. The van der Waals surface area contributed by atoms with Gasteiger partial charge in [-0.2, -0.15) is 0 Å². The summed E-state index contributed by atoms with van der Waals surface area (Å²) in [6, 6.07) is 14.0. The molecule has 7 heteroatoms. The number of rotatable bonds is 8. The first-order valence-corrected chi connectivity index (χ1v) is 9.39. The number of anilines is 1. The van der Waals surface area contributed by atoms with Crippen molar-refractivity contribution in [3.8, 4) is 0 Å². The largest absolute Gasteiger partial charge is 0.462 e. The molecule has 0 atom stereocenters. The highest BCUT2D eigenvalue weighted by molar-refractivity contribution is 8.00. The molecule has 0 unspecified atom stereocenters. The molecule has 0 aromatic heterocycles. The number of thioether (sulfide) groups is 1. The van der Waals surface area contributed by atoms with Gasteiger partial charge in [-0.3, -0.25) is 9.59 Å². The third kappa shape index (κ3) is 6.79. The van der Waals surface area contributed by atoms with E-state index in [2.05, 4.69) is 5.32 Å². The Hall–Kier alpha value is -2.80. The molecular weight excluding hydrogens is 366 g/mol. The van der Waals surface area contributed by atoms with Crippen molar-refractivity contribution >= 4 is 35.3 Å². The van der Waals surface area contributed by atoms with Crippen molar-refractivity contribution in [2.45, 2.75) is 18.7 Å². The zero-order chi connectivity index (χ0) is 19.6. The standard InChI is InChI=1S/C20H21NO5S/c1-3-25-20(24)15-8-10-16(11-9-15)21-18(22)12-26-19(23)13-27-17-7-5-4-6-14(17)2/h4-11H,3,12-13H2,1-2H3,(H,21,22). The molecule has 0 radical (unpaired) electrons. The van der Waals surface area contributed by atoms with E-state index >= 15 is 0 Å². The number of carbonyl (C=O) groups is 3. The van der Waals surface area contributed by atoms with E-state index in [1.54, 1.807) is 31.2 Å². The van der Waals surface area contributed by atoms with E-state index in [0.29, 0.717) is 17.9 Å². The van der Waals surface area contributed by atoms with Crippen LogP contribution in [0.1, 0.15) is 22.8 Å². The Morgan fingerprint density at radius 1 is 1.00 bits per heavy atom. The smallest absolute Gasteiger partial charge is 0.338 e. The number of carbonyl (C=O) groups excluding carboxylic acids is 3. The van der Waals surface area contributed by atoms with E-state index in [-0.39, 0.29) is 12.4 Å². The summed E-state index contributed by atoms with van der Waals surface area (Å²) in [5.74, 6) is -1.20. The Balaban J connectivity index is 1.74. The summed E-state index contributed by atoms with van der Waals surface area (Å²) in [7, 11) is 0. The molecule has 0 spiro atoms. The number of esters is 2. The predicted octanol–water partition coefficient (Wildman–Crippen LogP) is 3.45. The molecule has 0 fully saturated rings. The number of benzene rings is 2. The van der Waals surface area contributed by atoms with Crippen LogP contribution in [0.25, 0.3) is 0 Å². The maximum atomic E-state index is 11.9. The molecule has 0 saturated carbocycles. The minimum Gasteiger partial charge on any atom is -0.462 e. The van der Waals surface area contributed by atoms with Crippen molar-refractivity contribution in [1.82, 2.24) is 0 Å². The van der Waals surface area contributed by atoms with Crippen molar-refractivity contribution in [2.24, 2.45) is 0 Å². The number of aryl methyl sites for hydroxylation is 1. The number of hydrogen-bond acceptors (Lipinski definition) is 6. The summed E-state index contributed by atoms with van der Waals surface area (Å²) in [6.45, 7) is 3.62. The van der Waals surface area contributed by atoms with Crippen molar-refractivity contribution in [1.29, 1.82) is 0 Å². The molecular formula is C20H21NO5S. The van der Waals surface area contributed by atoms with Gasteiger partial charge in [-0.1, -0.05) is 18.2 Å². The van der Waals surface area contributed by atoms with Gasteiger partial charge >= 0.3 is 11.9 Å². The van der Waals surface area contributed by atoms with Crippen LogP contribution in [0.3, 0.4) is 0 Å². The Morgan fingerprint density at radius 2 is 1.70 bits per heavy atom. The number of hydrogen-bond donors (Lipinski definition) is 1. The molecule has 1 N–H and O–H groups in total. The average molecular weight is 387 g/mol. The van der Waals surface area contributed by atoms with Crippen LogP contribution in [0.4, 0.5) is 5.69 Å². The molecule has 0 heterocycles. The molecule has 0 bridgehead atoms. The molecule has 6 nitrogen and oxygen atoms in total. The first-order valence-electron chi connectivity index (χ1n) is 8.40. The van der Waals surface area contributed by atoms with E-state index < -0.39 is 17.8 Å². The predicted molar refractivity (Wildman–Crippen MR) is 104 cm³/mol. The van der Waals surface area contributed by atoms with Crippen LogP contribution in [0.2, 0.25) is 0 Å². The molecule has 0 aliphatic carbocycles. The number of nitrogens with one attached hydrogen (secondary N) is 1. The second kappa shape index (κ2) is 10.4. The topological polar surface area (TPSA) is 81.7 Å². The van der Waals surface area contributed by atoms with Gasteiger partial charge in [-0.25, -0.2) is 4.79 Å². The first-order chi connectivity index (χ1) is 13.0. The first kappa shape index (κ1) is 20.5. The Labute approximate surface area is 162 Å². The lowest BCUT2D eigenvalue weighted by Gasteiger charge is -2.08. The van der Waals surface area contributed by atoms with Crippen LogP contribution in [0.5, 0.6) is 0 Å². The lowest BCUT2D eigenvalue weighted by Crippen LogP contribution is -2.21. The molecule has 2 rings (SSSR count). The van der Waals surface area contributed by atoms with Crippen molar-refractivity contribution in [3.63, 3.8) is 0 Å². The van der Waals surface area contributed by atoms with Crippen LogP contribution in [0.15, 0.2) is 53.4 Å². The van der Waals surface area contributed by atoms with Gasteiger partial charge in [-0.15, -0.1) is 11.8 Å². The van der Waals surface area contributed by atoms with Gasteiger partial charge in [0.2, 0.25) is 0 Å². The fourth-order valence-corrected chi connectivity index (χ4v) is 2.97. The summed E-state index contributed by atoms with van der Waals surface area (Å²) in [5, 5.41) is 2.60. The highest BCUT2D eigenvalue weighted by atomic mass is 32.2. The van der Waals surface area contributed by atoms with Gasteiger partial charge in [0.25, 0.3) is 5.91 Å². The zero-order valence-electron chi connectivity index (χ0n) is 15.2. The van der Waals surface area contributed by atoms with Gasteiger partial charge < -0.3 is 14.8 Å². The number of amides is 1. The normalized spacial score (nSPS) is 10.1. The van der Waals surface area contributed by atoms with E-state index in [1.165, 1.54) is 11.8 Å². The summed E-state index contributed by atoms with van der Waals surface area (Å²) in [6.07, 6.45) is 0. The van der Waals surface area contributed by atoms with Crippen LogP contribution in [0, 0.1) is 6.92 Å². The minimum absolute atomic E-state index is 0.131. The van der Waals surface area contributed by atoms with Gasteiger partial charge in [0, 0.05) is 10.6 Å². The summed E-state index contributed by atoms with van der Waals surface area (Å²) in [5.41, 5.74) is 1.98. The zero-order valence-corrected chi connectivity index (χ0v) is 16.0. The third-order valence-electron chi connectivity index (χ3n) is 3.48. The lowest BCUT2D eigenvalue weighted by molar-refractivity contribution is -0.144. The highest BCUT2D eigenvalue weighted by Crippen LogP contribution is 2.21. The highest BCUT2D eigenvalue weighted by Gasteiger charge is 2.10. The second-order valence-corrected chi connectivity index (χ2v) is 6.58. The monoisotopic (exact) mass is 387 g/mol. The van der Waals surface area contributed by atoms with Crippen LogP contribution >= 0.6 is 11.8 Å². The van der Waals surface area contributed by atoms with Gasteiger partial charge in [-0.05, 0) is 49.7 Å². The summed E-state index contributed by atoms with van der Waals surface area (Å²) in [4.78, 5) is 36.2. The fraction of sp³-hybridized carbons (Fsp3) is 0.250. The van der Waals surface area contributed by atoms with Crippen LogP contribution in [-0.4, -0.2) is 36.8 Å². The van der Waals surface area contributed by atoms with Gasteiger partial charge in [0.1, 0.15) is 0 Å². The minimum atomic E-state index is -0.462. The molecule has 27 heavy (non-hydrogen) atoms. The van der Waals surface area contributed by atoms with Gasteiger partial charge in [0.15, 0.2) is 6.61 Å². The van der Waals surface area contributed by atoms with E-state index in [4.69, 9.17) is 9.47 Å². The van der Waals surface area contributed by atoms with E-state index in [9.17, 15) is 14.4 Å². The van der Waals surface area contributed by atoms with Crippen LogP contribution in [-0.2, 0) is 19.1 Å². The van der Waals surface area contributed by atoms with E-state index in [0.717, 1.165) is 10.5 Å². The average Bonchev–Trinajstić information content (AvgIpc) is 2.66. The third-order valence-corrected chi connectivity index (χ3v) is 4.63. The van der Waals surface area contributed by atoms with Gasteiger partial charge in [0.05, 0.1) is 17.9 Å². The van der Waals surface area contributed by atoms with Crippen molar-refractivity contribution < 1.29 is 23.9 Å². The fourth-order valence-electron chi connectivity index (χ4n) is 2.14. The van der Waals surface area contributed by atoms with Crippen LogP contribution < -0.4 is 5.32 Å². The molecule has 0 saturated heterocycles. The summed E-state index contributed by atoms with van der Waals surface area (Å²) >= 11 is 1.37. The maximum absolute atomic E-state index is 11.9. The van der Waals surface area contributed by atoms with Crippen molar-refractivity contribution in [2.75, 3.05) is 24.3 Å². The molecule has 1 amide bonds. The second-order valence-electron chi connectivity index (χ2n) is 5.56. The maximum Gasteiger partial charge on any atom is 0.338 e.